The quantitative estimate of drug-likeness (QED) is 0.702. The standard InChI is InChI=1S/C12H11BrCl2N2O3S/c1-8-16-2-3-17(8)4-5-20-12-10(14)6-9(13)7-11(12)21(15,18)19/h2-3,6-7H,4-5H2,1H3. The molecule has 0 saturated carbocycles. The van der Waals surface area contributed by atoms with Crippen LogP contribution in [0.4, 0.5) is 0 Å². The fourth-order valence-corrected chi connectivity index (χ4v) is 3.82. The number of imidazole rings is 1. The van der Waals surface area contributed by atoms with Gasteiger partial charge in [0.2, 0.25) is 0 Å². The monoisotopic (exact) mass is 412 g/mol. The van der Waals surface area contributed by atoms with Crippen LogP contribution in [-0.2, 0) is 15.6 Å². The molecule has 2 aromatic rings. The average Bonchev–Trinajstić information content (AvgIpc) is 2.76. The summed E-state index contributed by atoms with van der Waals surface area (Å²) in [6.07, 6.45) is 3.48. The van der Waals surface area contributed by atoms with Gasteiger partial charge in [-0.2, -0.15) is 0 Å². The van der Waals surface area contributed by atoms with Crippen LogP contribution in [0.3, 0.4) is 0 Å². The molecule has 0 bridgehead atoms. The fourth-order valence-electron chi connectivity index (χ4n) is 1.74. The molecule has 21 heavy (non-hydrogen) atoms. The number of hydrogen-bond acceptors (Lipinski definition) is 4. The van der Waals surface area contributed by atoms with E-state index in [1.54, 1.807) is 18.5 Å². The predicted molar refractivity (Wildman–Crippen MR) is 84.6 cm³/mol. The van der Waals surface area contributed by atoms with Crippen LogP contribution in [0.1, 0.15) is 5.82 Å². The van der Waals surface area contributed by atoms with Crippen molar-refractivity contribution < 1.29 is 13.2 Å². The zero-order valence-electron chi connectivity index (χ0n) is 10.9. The molecule has 1 aromatic carbocycles. The third-order valence-corrected chi connectivity index (χ3v) is 4.81. The van der Waals surface area contributed by atoms with Crippen LogP contribution in [0, 0.1) is 6.92 Å². The highest BCUT2D eigenvalue weighted by Crippen LogP contribution is 2.37. The van der Waals surface area contributed by atoms with E-state index in [9.17, 15) is 8.42 Å². The first-order chi connectivity index (χ1) is 9.79. The Morgan fingerprint density at radius 2 is 2.14 bits per heavy atom. The molecule has 0 N–H and O–H groups in total. The van der Waals surface area contributed by atoms with Crippen molar-refractivity contribution in [2.75, 3.05) is 6.61 Å². The summed E-state index contributed by atoms with van der Waals surface area (Å²) < 4.78 is 31.1. The van der Waals surface area contributed by atoms with Crippen LogP contribution in [0.2, 0.25) is 5.02 Å². The minimum atomic E-state index is -3.96. The highest BCUT2D eigenvalue weighted by Gasteiger charge is 2.21. The molecule has 1 aromatic heterocycles. The predicted octanol–water partition coefficient (Wildman–Crippen LogP) is 3.61. The van der Waals surface area contributed by atoms with Gasteiger partial charge in [-0.15, -0.1) is 0 Å². The summed E-state index contributed by atoms with van der Waals surface area (Å²) in [5.74, 6) is 0.887. The van der Waals surface area contributed by atoms with Crippen LogP contribution in [-0.4, -0.2) is 24.6 Å². The van der Waals surface area contributed by atoms with Crippen molar-refractivity contribution in [1.82, 2.24) is 9.55 Å². The second-order valence-electron chi connectivity index (χ2n) is 4.17. The number of hydrogen-bond donors (Lipinski definition) is 0. The van der Waals surface area contributed by atoms with Gasteiger partial charge in [-0.1, -0.05) is 27.5 Å². The average molecular weight is 414 g/mol. The van der Waals surface area contributed by atoms with E-state index < -0.39 is 9.05 Å². The first-order valence-corrected chi connectivity index (χ1v) is 9.31. The van der Waals surface area contributed by atoms with Gasteiger partial charge >= 0.3 is 0 Å². The van der Waals surface area contributed by atoms with Crippen molar-refractivity contribution in [2.45, 2.75) is 18.4 Å². The molecule has 114 valence electrons. The Morgan fingerprint density at radius 3 is 2.71 bits per heavy atom. The lowest BCUT2D eigenvalue weighted by Gasteiger charge is -2.13. The second kappa shape index (κ2) is 6.56. The van der Waals surface area contributed by atoms with Crippen molar-refractivity contribution in [3.05, 3.63) is 39.8 Å². The molecule has 0 atom stereocenters. The van der Waals surface area contributed by atoms with Crippen molar-refractivity contribution in [3.63, 3.8) is 0 Å². The summed E-state index contributed by atoms with van der Waals surface area (Å²) in [7, 11) is 1.45. The second-order valence-corrected chi connectivity index (χ2v) is 8.03. The number of benzene rings is 1. The highest BCUT2D eigenvalue weighted by molar-refractivity contribution is 9.10. The van der Waals surface area contributed by atoms with Crippen LogP contribution < -0.4 is 4.74 Å². The first-order valence-electron chi connectivity index (χ1n) is 5.83. The maximum absolute atomic E-state index is 11.6. The first kappa shape index (κ1) is 16.6. The number of ether oxygens (including phenoxy) is 1. The normalized spacial score (nSPS) is 11.6. The third-order valence-electron chi connectivity index (χ3n) is 2.74. The molecule has 0 spiro atoms. The molecule has 0 aliphatic rings. The largest absolute Gasteiger partial charge is 0.489 e. The van der Waals surface area contributed by atoms with E-state index >= 15 is 0 Å². The molecule has 9 heteroatoms. The van der Waals surface area contributed by atoms with Gasteiger partial charge in [0.05, 0.1) is 11.6 Å². The van der Waals surface area contributed by atoms with E-state index in [-0.39, 0.29) is 22.3 Å². The molecular formula is C12H11BrCl2N2O3S. The SMILES string of the molecule is Cc1nccn1CCOc1c(Cl)cc(Br)cc1S(=O)(=O)Cl. The molecule has 2 rings (SSSR count). The van der Waals surface area contributed by atoms with Gasteiger partial charge in [-0.3, -0.25) is 0 Å². The summed E-state index contributed by atoms with van der Waals surface area (Å²) in [6.45, 7) is 2.61. The summed E-state index contributed by atoms with van der Waals surface area (Å²) >= 11 is 9.21. The Morgan fingerprint density at radius 1 is 1.43 bits per heavy atom. The number of halogens is 3. The van der Waals surface area contributed by atoms with E-state index in [1.807, 2.05) is 11.5 Å². The topological polar surface area (TPSA) is 61.2 Å². The minimum absolute atomic E-state index is 0.0487. The van der Waals surface area contributed by atoms with Gasteiger partial charge in [-0.25, -0.2) is 13.4 Å². The molecule has 0 aliphatic carbocycles. The van der Waals surface area contributed by atoms with Gasteiger partial charge in [0, 0.05) is 27.5 Å². The maximum Gasteiger partial charge on any atom is 0.265 e. The van der Waals surface area contributed by atoms with Gasteiger partial charge in [0.25, 0.3) is 9.05 Å². The van der Waals surface area contributed by atoms with E-state index in [0.717, 1.165) is 5.82 Å². The van der Waals surface area contributed by atoms with Crippen LogP contribution in [0.15, 0.2) is 33.9 Å². The van der Waals surface area contributed by atoms with Crippen molar-refractivity contribution in [1.29, 1.82) is 0 Å². The Kier molecular flexibility index (Phi) is 5.19. The van der Waals surface area contributed by atoms with E-state index in [1.165, 1.54) is 6.07 Å². The third kappa shape index (κ3) is 4.12. The summed E-state index contributed by atoms with van der Waals surface area (Å²) in [4.78, 5) is 3.93. The van der Waals surface area contributed by atoms with Crippen LogP contribution >= 0.6 is 38.2 Å². The molecule has 0 radical (unpaired) electrons. The lowest BCUT2D eigenvalue weighted by Crippen LogP contribution is -2.10. The summed E-state index contributed by atoms with van der Waals surface area (Å²) in [5, 5.41) is 0.172. The smallest absolute Gasteiger partial charge is 0.265 e. The number of aryl methyl sites for hydroxylation is 1. The van der Waals surface area contributed by atoms with Crippen LogP contribution in [0.25, 0.3) is 0 Å². The number of rotatable bonds is 5. The fraction of sp³-hybridized carbons (Fsp3) is 0.250. The molecule has 0 saturated heterocycles. The minimum Gasteiger partial charge on any atom is -0.489 e. The molecule has 0 amide bonds. The van der Waals surface area contributed by atoms with Gasteiger partial charge in [0.15, 0.2) is 5.75 Å². The maximum atomic E-state index is 11.6. The molecule has 5 nitrogen and oxygen atoms in total. The molecule has 0 fully saturated rings. The molecule has 0 aliphatic heterocycles. The Bertz CT molecular complexity index is 762. The van der Waals surface area contributed by atoms with Crippen molar-refractivity contribution >= 4 is 47.3 Å². The molecule has 0 unspecified atom stereocenters. The summed E-state index contributed by atoms with van der Waals surface area (Å²) in [6, 6.07) is 2.90. The van der Waals surface area contributed by atoms with Gasteiger partial charge in [0.1, 0.15) is 17.3 Å². The number of nitrogens with zero attached hydrogens (tertiary/aromatic N) is 2. The molecular weight excluding hydrogens is 403 g/mol. The lowest BCUT2D eigenvalue weighted by molar-refractivity contribution is 0.290. The Labute approximate surface area is 140 Å². The van der Waals surface area contributed by atoms with Gasteiger partial charge < -0.3 is 9.30 Å². The highest BCUT2D eigenvalue weighted by atomic mass is 79.9. The van der Waals surface area contributed by atoms with E-state index in [4.69, 9.17) is 27.0 Å². The lowest BCUT2D eigenvalue weighted by atomic mass is 10.3. The zero-order valence-corrected chi connectivity index (χ0v) is 14.8. The Hall–Kier alpha value is -0.760. The van der Waals surface area contributed by atoms with E-state index in [0.29, 0.717) is 11.0 Å². The molecule has 1 heterocycles. The van der Waals surface area contributed by atoms with Crippen LogP contribution in [0.5, 0.6) is 5.75 Å². The zero-order chi connectivity index (χ0) is 15.6. The van der Waals surface area contributed by atoms with Crippen molar-refractivity contribution in [3.8, 4) is 5.75 Å². The Balaban J connectivity index is 2.22. The van der Waals surface area contributed by atoms with Gasteiger partial charge in [-0.05, 0) is 19.1 Å². The summed E-state index contributed by atoms with van der Waals surface area (Å²) in [5.41, 5.74) is 0. The number of aromatic nitrogens is 2. The van der Waals surface area contributed by atoms with Crippen molar-refractivity contribution in [2.24, 2.45) is 0 Å². The van der Waals surface area contributed by atoms with E-state index in [2.05, 4.69) is 20.9 Å².